The number of carbonyl (C=O) groups is 1. The van der Waals surface area contributed by atoms with Crippen molar-refractivity contribution in [2.24, 2.45) is 5.73 Å². The molecule has 0 heterocycles. The van der Waals surface area contributed by atoms with Crippen LogP contribution >= 0.6 is 7.82 Å². The first-order valence-electron chi connectivity index (χ1n) is 23.7. The fourth-order valence-corrected chi connectivity index (χ4v) is 6.84. The second kappa shape index (κ2) is 47.5. The Balaban J connectivity index is 4.04. The predicted octanol–water partition coefficient (Wildman–Crippen LogP) is 14.6. The Morgan fingerprint density at radius 2 is 0.933 bits per heavy atom. The van der Waals surface area contributed by atoms with E-state index in [-0.39, 0.29) is 32.8 Å². The molecule has 0 aromatic rings. The number of hydrogen-bond acceptors (Lipinski definition) is 7. The molecule has 9 heteroatoms. The van der Waals surface area contributed by atoms with E-state index in [1.165, 1.54) is 103 Å². The lowest BCUT2D eigenvalue weighted by molar-refractivity contribution is -0.153. The lowest BCUT2D eigenvalue weighted by atomic mass is 10.1. The molecule has 0 amide bonds. The smallest absolute Gasteiger partial charge is 0.457 e. The summed E-state index contributed by atoms with van der Waals surface area (Å²) in [7, 11) is -4.31. The molecule has 0 radical (unpaired) electrons. The topological polar surface area (TPSA) is 117 Å². The highest BCUT2D eigenvalue weighted by molar-refractivity contribution is 7.47. The summed E-state index contributed by atoms with van der Waals surface area (Å²) in [6, 6.07) is 0. The standard InChI is InChI=1S/C51H88NO7P/c1-3-5-7-9-11-13-15-17-19-20-21-22-23-24-25-26-27-28-29-31-33-35-37-39-41-43-46-56-48-50(49-58-60(54,55)57-47-45-52)59-51(53)44-42-40-38-36-34-32-30-18-16-14-12-10-8-6-4-2/h6,8,12,14-15,17-18,20-21,23-24,30,34,36,40,42,50H,3-5,7,9-11,13,16,19,22,25-29,31-33,35,37-39,41,43-49,52H2,1-2H3,(H,54,55)/b8-6-,14-12-,17-15-,21-20-,24-23-,30-18-,36-34-,42-40-. The average molecular weight is 858 g/mol. The highest BCUT2D eigenvalue weighted by atomic mass is 31.2. The van der Waals surface area contributed by atoms with Crippen molar-refractivity contribution in [3.05, 3.63) is 97.2 Å². The van der Waals surface area contributed by atoms with E-state index in [4.69, 9.17) is 24.3 Å². The predicted molar refractivity (Wildman–Crippen MR) is 256 cm³/mol. The van der Waals surface area contributed by atoms with Gasteiger partial charge in [0.15, 0.2) is 0 Å². The molecule has 2 unspecified atom stereocenters. The Morgan fingerprint density at radius 1 is 0.517 bits per heavy atom. The molecule has 0 aromatic heterocycles. The van der Waals surface area contributed by atoms with Crippen LogP contribution in [0.25, 0.3) is 0 Å². The fraction of sp³-hybridized carbons (Fsp3) is 0.667. The number of ether oxygens (including phenoxy) is 2. The Kier molecular flexibility index (Phi) is 45.4. The number of carbonyl (C=O) groups excluding carboxylic acids is 1. The van der Waals surface area contributed by atoms with Crippen LogP contribution in [0.15, 0.2) is 97.2 Å². The average Bonchev–Trinajstić information content (AvgIpc) is 3.24. The van der Waals surface area contributed by atoms with E-state index in [0.717, 1.165) is 51.4 Å². The summed E-state index contributed by atoms with van der Waals surface area (Å²) in [4.78, 5) is 22.4. The van der Waals surface area contributed by atoms with E-state index >= 15 is 0 Å². The van der Waals surface area contributed by atoms with E-state index in [0.29, 0.717) is 13.0 Å². The maximum Gasteiger partial charge on any atom is 0.472 e. The molecule has 0 aliphatic rings. The van der Waals surface area contributed by atoms with Gasteiger partial charge in [0, 0.05) is 13.2 Å². The van der Waals surface area contributed by atoms with Crippen LogP contribution in [0.5, 0.6) is 0 Å². The lowest BCUT2D eigenvalue weighted by Crippen LogP contribution is -2.28. The quantitative estimate of drug-likeness (QED) is 0.0269. The largest absolute Gasteiger partial charge is 0.472 e. The summed E-state index contributed by atoms with van der Waals surface area (Å²) >= 11 is 0. The molecule has 0 fully saturated rings. The van der Waals surface area contributed by atoms with Crippen LogP contribution in [0.3, 0.4) is 0 Å². The third kappa shape index (κ3) is 46.5. The van der Waals surface area contributed by atoms with E-state index < -0.39 is 19.9 Å². The van der Waals surface area contributed by atoms with Gasteiger partial charge in [-0.15, -0.1) is 0 Å². The number of esters is 1. The molecule has 0 bridgehead atoms. The summed E-state index contributed by atoms with van der Waals surface area (Å²) in [6.45, 7) is 4.64. The van der Waals surface area contributed by atoms with Gasteiger partial charge in [-0.05, 0) is 77.0 Å². The summed E-state index contributed by atoms with van der Waals surface area (Å²) in [6.07, 6.45) is 63.3. The summed E-state index contributed by atoms with van der Waals surface area (Å²) in [5.41, 5.74) is 5.37. The fourth-order valence-electron chi connectivity index (χ4n) is 6.08. The first-order chi connectivity index (χ1) is 29.4. The van der Waals surface area contributed by atoms with Gasteiger partial charge < -0.3 is 20.1 Å². The second-order valence-electron chi connectivity index (χ2n) is 15.3. The van der Waals surface area contributed by atoms with Gasteiger partial charge in [0.1, 0.15) is 6.10 Å². The molecule has 0 aromatic carbocycles. The maximum absolute atomic E-state index is 12.5. The zero-order chi connectivity index (χ0) is 43.7. The van der Waals surface area contributed by atoms with Crippen molar-refractivity contribution in [2.45, 2.75) is 187 Å². The molecular formula is C51H88NO7P. The van der Waals surface area contributed by atoms with Gasteiger partial charge in [-0.1, -0.05) is 195 Å². The number of phosphoric acid groups is 1. The monoisotopic (exact) mass is 858 g/mol. The van der Waals surface area contributed by atoms with Crippen molar-refractivity contribution in [2.75, 3.05) is 33.0 Å². The molecule has 60 heavy (non-hydrogen) atoms. The van der Waals surface area contributed by atoms with Gasteiger partial charge in [0.05, 0.1) is 26.2 Å². The minimum absolute atomic E-state index is 0.0688. The molecule has 0 rings (SSSR count). The van der Waals surface area contributed by atoms with Crippen molar-refractivity contribution in [1.82, 2.24) is 0 Å². The lowest BCUT2D eigenvalue weighted by Gasteiger charge is -2.19. The van der Waals surface area contributed by atoms with E-state index in [9.17, 15) is 14.3 Å². The van der Waals surface area contributed by atoms with Crippen molar-refractivity contribution >= 4 is 13.8 Å². The van der Waals surface area contributed by atoms with Crippen LogP contribution in [0, 0.1) is 0 Å². The number of phosphoric ester groups is 1. The van der Waals surface area contributed by atoms with Gasteiger partial charge in [-0.3, -0.25) is 13.8 Å². The maximum atomic E-state index is 12.5. The third-order valence-corrected chi connectivity index (χ3v) is 10.5. The first kappa shape index (κ1) is 57.4. The Hall–Kier alpha value is -2.58. The first-order valence-corrected chi connectivity index (χ1v) is 25.2. The van der Waals surface area contributed by atoms with Crippen LogP contribution in [0.1, 0.15) is 181 Å². The van der Waals surface area contributed by atoms with Gasteiger partial charge in [-0.2, -0.15) is 0 Å². The molecular weight excluding hydrogens is 770 g/mol. The van der Waals surface area contributed by atoms with Crippen molar-refractivity contribution in [3.8, 4) is 0 Å². The van der Waals surface area contributed by atoms with Crippen LogP contribution in [-0.2, 0) is 27.9 Å². The molecule has 8 nitrogen and oxygen atoms in total. The van der Waals surface area contributed by atoms with Crippen molar-refractivity contribution in [1.29, 1.82) is 0 Å². The Bertz CT molecular complexity index is 1240. The van der Waals surface area contributed by atoms with E-state index in [1.54, 1.807) is 6.08 Å². The molecule has 0 saturated carbocycles. The number of rotatable bonds is 44. The third-order valence-electron chi connectivity index (χ3n) is 9.52. The Morgan fingerprint density at radius 3 is 1.40 bits per heavy atom. The van der Waals surface area contributed by atoms with Crippen LogP contribution < -0.4 is 5.73 Å². The molecule has 0 spiro atoms. The van der Waals surface area contributed by atoms with Gasteiger partial charge >= 0.3 is 13.8 Å². The molecule has 3 N–H and O–H groups in total. The minimum Gasteiger partial charge on any atom is -0.457 e. The number of unbranched alkanes of at least 4 members (excludes halogenated alkanes) is 16. The minimum atomic E-state index is -4.31. The van der Waals surface area contributed by atoms with Gasteiger partial charge in [0.2, 0.25) is 0 Å². The highest BCUT2D eigenvalue weighted by Gasteiger charge is 2.25. The zero-order valence-electron chi connectivity index (χ0n) is 38.2. The normalized spacial score (nSPS) is 14.3. The summed E-state index contributed by atoms with van der Waals surface area (Å²) < 4.78 is 33.3. The van der Waals surface area contributed by atoms with Crippen LogP contribution in [0.2, 0.25) is 0 Å². The zero-order valence-corrected chi connectivity index (χ0v) is 39.1. The van der Waals surface area contributed by atoms with Crippen molar-refractivity contribution in [3.63, 3.8) is 0 Å². The van der Waals surface area contributed by atoms with Gasteiger partial charge in [0.25, 0.3) is 0 Å². The van der Waals surface area contributed by atoms with Crippen LogP contribution in [-0.4, -0.2) is 49.9 Å². The summed E-state index contributed by atoms with van der Waals surface area (Å²) in [5.74, 6) is -0.460. The Labute approximate surface area is 368 Å². The molecule has 344 valence electrons. The van der Waals surface area contributed by atoms with E-state index in [2.05, 4.69) is 98.9 Å². The molecule has 0 aliphatic carbocycles. The van der Waals surface area contributed by atoms with Crippen molar-refractivity contribution < 1.29 is 32.8 Å². The highest BCUT2D eigenvalue weighted by Crippen LogP contribution is 2.43. The molecule has 0 aliphatic heterocycles. The number of hydrogen-bond donors (Lipinski definition) is 2. The number of allylic oxidation sites excluding steroid dienone is 15. The SMILES string of the molecule is CC/C=C\C/C=C\C/C=C\C/C=C\C/C=C\CC(=O)OC(COCCCCCCCCCCCCC/C=C\C/C=C\C/C=C\CCCCCCC)COP(=O)(O)OCCN. The second-order valence-corrected chi connectivity index (χ2v) is 16.7. The van der Waals surface area contributed by atoms with Gasteiger partial charge in [-0.25, -0.2) is 4.57 Å². The number of nitrogens with two attached hydrogens (primary N) is 1. The molecule has 2 atom stereocenters. The summed E-state index contributed by atoms with van der Waals surface area (Å²) in [5, 5.41) is 0. The molecule has 0 saturated heterocycles. The van der Waals surface area contributed by atoms with E-state index in [1.807, 2.05) is 6.08 Å². The van der Waals surface area contributed by atoms with Crippen LogP contribution in [0.4, 0.5) is 0 Å².